The number of hydrogen-bond donors (Lipinski definition) is 0. The Morgan fingerprint density at radius 3 is 2.70 bits per heavy atom. The highest BCUT2D eigenvalue weighted by Crippen LogP contribution is 2.34. The first-order valence-corrected chi connectivity index (χ1v) is 10.6. The standard InChI is InChI=1S/C19H25N5O2S/c1-26-16-10-8-14(9-11-16)17-7-4-12-23(17)18(25)13-27-19-20-21-22-24(19)15-5-2-3-6-15/h8-11,15,17H,2-7,12-13H2,1H3/t17-/m1/s1. The molecule has 1 aromatic carbocycles. The van der Waals surface area contributed by atoms with E-state index < -0.39 is 0 Å². The molecule has 2 aliphatic rings. The average Bonchev–Trinajstić information content (AvgIpc) is 3.47. The molecule has 144 valence electrons. The molecule has 1 aliphatic heterocycles. The van der Waals surface area contributed by atoms with Crippen molar-refractivity contribution in [3.05, 3.63) is 29.8 Å². The summed E-state index contributed by atoms with van der Waals surface area (Å²) in [6, 6.07) is 8.57. The number of carbonyl (C=O) groups excluding carboxylic acids is 1. The van der Waals surface area contributed by atoms with Crippen molar-refractivity contribution in [2.24, 2.45) is 0 Å². The van der Waals surface area contributed by atoms with Crippen LogP contribution in [0.2, 0.25) is 0 Å². The highest BCUT2D eigenvalue weighted by atomic mass is 32.2. The predicted octanol–water partition coefficient (Wildman–Crippen LogP) is 3.25. The van der Waals surface area contributed by atoms with Gasteiger partial charge in [0.25, 0.3) is 0 Å². The third-order valence-electron chi connectivity index (χ3n) is 5.53. The Morgan fingerprint density at radius 2 is 1.96 bits per heavy atom. The van der Waals surface area contributed by atoms with Crippen molar-refractivity contribution in [2.45, 2.75) is 55.8 Å². The van der Waals surface area contributed by atoms with Gasteiger partial charge in [0.1, 0.15) is 5.75 Å². The first-order chi connectivity index (χ1) is 13.3. The minimum Gasteiger partial charge on any atom is -0.497 e. The Hall–Kier alpha value is -2.09. The predicted molar refractivity (Wildman–Crippen MR) is 103 cm³/mol. The van der Waals surface area contributed by atoms with Crippen LogP contribution in [0.15, 0.2) is 29.4 Å². The maximum Gasteiger partial charge on any atom is 0.233 e. The lowest BCUT2D eigenvalue weighted by Gasteiger charge is -2.25. The Balaban J connectivity index is 1.39. The first kappa shape index (κ1) is 18.3. The summed E-state index contributed by atoms with van der Waals surface area (Å²) in [5.74, 6) is 1.36. The van der Waals surface area contributed by atoms with Crippen LogP contribution in [0.4, 0.5) is 0 Å². The fraction of sp³-hybridized carbons (Fsp3) is 0.579. The number of nitrogens with zero attached hydrogens (tertiary/aromatic N) is 5. The molecule has 2 heterocycles. The maximum absolute atomic E-state index is 12.9. The maximum atomic E-state index is 12.9. The second-order valence-corrected chi connectivity index (χ2v) is 8.09. The van der Waals surface area contributed by atoms with Crippen LogP contribution >= 0.6 is 11.8 Å². The summed E-state index contributed by atoms with van der Waals surface area (Å²) in [7, 11) is 1.66. The molecule has 1 aliphatic carbocycles. The molecule has 0 unspecified atom stereocenters. The molecule has 7 nitrogen and oxygen atoms in total. The van der Waals surface area contributed by atoms with E-state index in [1.54, 1.807) is 7.11 Å². The van der Waals surface area contributed by atoms with Crippen molar-refractivity contribution in [3.8, 4) is 5.75 Å². The third kappa shape index (κ3) is 3.95. The second-order valence-electron chi connectivity index (χ2n) is 7.15. The van der Waals surface area contributed by atoms with Gasteiger partial charge in [-0.1, -0.05) is 36.7 Å². The zero-order chi connectivity index (χ0) is 18.6. The SMILES string of the molecule is COc1ccc([C@H]2CCCN2C(=O)CSc2nnnn2C2CCCC2)cc1. The number of tetrazole rings is 1. The van der Waals surface area contributed by atoms with Crippen LogP contribution in [0.3, 0.4) is 0 Å². The highest BCUT2D eigenvalue weighted by Gasteiger charge is 2.30. The number of aromatic nitrogens is 4. The summed E-state index contributed by atoms with van der Waals surface area (Å²) in [4.78, 5) is 14.9. The van der Waals surface area contributed by atoms with Crippen LogP contribution in [-0.4, -0.2) is 50.4 Å². The van der Waals surface area contributed by atoms with E-state index in [-0.39, 0.29) is 11.9 Å². The van der Waals surface area contributed by atoms with E-state index in [0.29, 0.717) is 11.8 Å². The fourth-order valence-electron chi connectivity index (χ4n) is 4.11. The van der Waals surface area contributed by atoms with Gasteiger partial charge in [0.05, 0.1) is 24.9 Å². The summed E-state index contributed by atoms with van der Waals surface area (Å²) < 4.78 is 7.15. The molecule has 1 aromatic heterocycles. The zero-order valence-corrected chi connectivity index (χ0v) is 16.4. The number of methoxy groups -OCH3 is 1. The van der Waals surface area contributed by atoms with Gasteiger partial charge >= 0.3 is 0 Å². The molecular formula is C19H25N5O2S. The Bertz CT molecular complexity index is 773. The summed E-state index contributed by atoms with van der Waals surface area (Å²) in [5.41, 5.74) is 1.17. The van der Waals surface area contributed by atoms with Gasteiger partial charge in [-0.05, 0) is 53.8 Å². The molecule has 8 heteroatoms. The van der Waals surface area contributed by atoms with Crippen LogP contribution in [0.25, 0.3) is 0 Å². The van der Waals surface area contributed by atoms with Gasteiger partial charge in [-0.2, -0.15) is 0 Å². The monoisotopic (exact) mass is 387 g/mol. The Kier molecular flexibility index (Phi) is 5.61. The number of amides is 1. The van der Waals surface area contributed by atoms with Crippen LogP contribution in [0.5, 0.6) is 5.75 Å². The molecule has 0 spiro atoms. The van der Waals surface area contributed by atoms with E-state index in [1.807, 2.05) is 21.7 Å². The number of likely N-dealkylation sites (tertiary alicyclic amines) is 1. The van der Waals surface area contributed by atoms with Crippen LogP contribution in [0.1, 0.15) is 56.2 Å². The number of carbonyl (C=O) groups is 1. The van der Waals surface area contributed by atoms with Gasteiger partial charge in [-0.3, -0.25) is 4.79 Å². The molecule has 1 saturated carbocycles. The largest absolute Gasteiger partial charge is 0.497 e. The normalized spacial score (nSPS) is 20.3. The van der Waals surface area contributed by atoms with E-state index in [0.717, 1.165) is 43.1 Å². The number of hydrogen-bond acceptors (Lipinski definition) is 6. The van der Waals surface area contributed by atoms with Gasteiger partial charge in [-0.25, -0.2) is 4.68 Å². The summed E-state index contributed by atoms with van der Waals surface area (Å²) in [6.07, 6.45) is 6.74. The molecule has 2 fully saturated rings. The molecule has 1 amide bonds. The van der Waals surface area contributed by atoms with Gasteiger partial charge < -0.3 is 9.64 Å². The molecule has 2 aromatic rings. The third-order valence-corrected chi connectivity index (χ3v) is 6.45. The summed E-state index contributed by atoms with van der Waals surface area (Å²) >= 11 is 1.45. The molecule has 0 radical (unpaired) electrons. The minimum absolute atomic E-state index is 0.148. The zero-order valence-electron chi connectivity index (χ0n) is 15.6. The lowest BCUT2D eigenvalue weighted by molar-refractivity contribution is -0.129. The quantitative estimate of drug-likeness (QED) is 0.709. The van der Waals surface area contributed by atoms with Crippen molar-refractivity contribution in [1.82, 2.24) is 25.1 Å². The van der Waals surface area contributed by atoms with E-state index in [9.17, 15) is 4.79 Å². The Morgan fingerprint density at radius 1 is 1.19 bits per heavy atom. The van der Waals surface area contributed by atoms with Crippen molar-refractivity contribution in [2.75, 3.05) is 19.4 Å². The van der Waals surface area contributed by atoms with Crippen LogP contribution < -0.4 is 4.74 Å². The van der Waals surface area contributed by atoms with E-state index in [2.05, 4.69) is 27.7 Å². The average molecular weight is 388 g/mol. The van der Waals surface area contributed by atoms with Gasteiger partial charge in [0.2, 0.25) is 11.1 Å². The molecule has 4 rings (SSSR count). The number of benzene rings is 1. The van der Waals surface area contributed by atoms with Gasteiger partial charge in [-0.15, -0.1) is 5.10 Å². The first-order valence-electron chi connectivity index (χ1n) is 9.60. The van der Waals surface area contributed by atoms with Crippen molar-refractivity contribution in [1.29, 1.82) is 0 Å². The smallest absolute Gasteiger partial charge is 0.233 e. The highest BCUT2D eigenvalue weighted by molar-refractivity contribution is 7.99. The molecular weight excluding hydrogens is 362 g/mol. The van der Waals surface area contributed by atoms with Crippen molar-refractivity contribution < 1.29 is 9.53 Å². The van der Waals surface area contributed by atoms with Crippen LogP contribution in [0, 0.1) is 0 Å². The van der Waals surface area contributed by atoms with Crippen LogP contribution in [-0.2, 0) is 4.79 Å². The molecule has 0 bridgehead atoms. The molecule has 27 heavy (non-hydrogen) atoms. The lowest BCUT2D eigenvalue weighted by atomic mass is 10.0. The summed E-state index contributed by atoms with van der Waals surface area (Å²) in [5, 5.41) is 12.9. The van der Waals surface area contributed by atoms with Crippen molar-refractivity contribution in [3.63, 3.8) is 0 Å². The van der Waals surface area contributed by atoms with E-state index in [1.165, 1.54) is 30.2 Å². The fourth-order valence-corrected chi connectivity index (χ4v) is 4.94. The summed E-state index contributed by atoms with van der Waals surface area (Å²) in [6.45, 7) is 0.809. The van der Waals surface area contributed by atoms with Gasteiger partial charge in [0.15, 0.2) is 0 Å². The molecule has 1 atom stereocenters. The topological polar surface area (TPSA) is 73.1 Å². The Labute approximate surface area is 163 Å². The van der Waals surface area contributed by atoms with Gasteiger partial charge in [0, 0.05) is 6.54 Å². The minimum atomic E-state index is 0.148. The molecule has 0 N–H and O–H groups in total. The second kappa shape index (κ2) is 8.29. The van der Waals surface area contributed by atoms with E-state index >= 15 is 0 Å². The van der Waals surface area contributed by atoms with Crippen molar-refractivity contribution >= 4 is 17.7 Å². The number of ether oxygens (including phenoxy) is 1. The van der Waals surface area contributed by atoms with E-state index in [4.69, 9.17) is 4.74 Å². The lowest BCUT2D eigenvalue weighted by Crippen LogP contribution is -2.32. The molecule has 1 saturated heterocycles. The number of rotatable bonds is 6. The number of thioether (sulfide) groups is 1.